The summed E-state index contributed by atoms with van der Waals surface area (Å²) in [6.45, 7) is 0. The number of halogens is 2. The Labute approximate surface area is 112 Å². The Morgan fingerprint density at radius 1 is 1.00 bits per heavy atom. The predicted molar refractivity (Wildman–Crippen MR) is 71.9 cm³/mol. The minimum atomic E-state index is -0.662. The Kier molecular flexibility index (Phi) is 2.51. The number of carbonyl (C=O) groups is 2. The molecule has 0 radical (unpaired) electrons. The van der Waals surface area contributed by atoms with Gasteiger partial charge in [0.05, 0.1) is 5.03 Å². The Hall–Kier alpha value is -1.64. The van der Waals surface area contributed by atoms with E-state index in [2.05, 4.69) is 0 Å². The summed E-state index contributed by atoms with van der Waals surface area (Å²) in [5, 5.41) is 3.50. The van der Waals surface area contributed by atoms with Crippen molar-refractivity contribution in [2.45, 2.75) is 0 Å². The first-order chi connectivity index (χ1) is 8.58. The molecule has 3 rings (SSSR count). The number of fused-ring (bicyclic) bond motifs is 2. The third kappa shape index (κ3) is 1.57. The third-order valence-corrected chi connectivity index (χ3v) is 3.65. The van der Waals surface area contributed by atoms with Gasteiger partial charge in [0, 0.05) is 15.6 Å². The van der Waals surface area contributed by atoms with E-state index in [1.54, 1.807) is 18.2 Å². The molecule has 2 nitrogen and oxygen atoms in total. The highest BCUT2D eigenvalue weighted by Gasteiger charge is 2.20. The molecule has 0 N–H and O–H groups in total. The summed E-state index contributed by atoms with van der Waals surface area (Å²) >= 11 is 12.0. The fourth-order valence-corrected chi connectivity index (χ4v) is 2.54. The molecule has 2 aromatic rings. The second-order valence-electron chi connectivity index (χ2n) is 4.05. The summed E-state index contributed by atoms with van der Waals surface area (Å²) in [6, 6.07) is 9.04. The smallest absolute Gasteiger partial charge is 0.244 e. The highest BCUT2D eigenvalue weighted by Crippen LogP contribution is 2.21. The minimum Gasteiger partial charge on any atom is -0.285 e. The van der Waals surface area contributed by atoms with Gasteiger partial charge >= 0.3 is 0 Å². The minimum absolute atomic E-state index is 0.0284. The molecule has 2 aromatic carbocycles. The molecule has 0 amide bonds. The first-order valence-electron chi connectivity index (χ1n) is 5.26. The molecular weight excluding hydrogens is 271 g/mol. The van der Waals surface area contributed by atoms with Gasteiger partial charge in [-0.3, -0.25) is 9.59 Å². The SMILES string of the molecule is O=C1C=c2cc3c(Cl)cccc3cc2=C(Cl)C1=O. The Balaban J connectivity index is 2.57. The summed E-state index contributed by atoms with van der Waals surface area (Å²) < 4.78 is 0. The van der Waals surface area contributed by atoms with Gasteiger partial charge in [-0.05, 0) is 34.9 Å². The molecule has 1 aliphatic rings. The Morgan fingerprint density at radius 2 is 1.78 bits per heavy atom. The van der Waals surface area contributed by atoms with E-state index in [1.165, 1.54) is 6.08 Å². The highest BCUT2D eigenvalue weighted by molar-refractivity contribution is 6.76. The van der Waals surface area contributed by atoms with Crippen LogP contribution in [0.15, 0.2) is 30.3 Å². The van der Waals surface area contributed by atoms with Crippen LogP contribution in [0.2, 0.25) is 5.02 Å². The number of hydrogen-bond acceptors (Lipinski definition) is 2. The summed E-state index contributed by atoms with van der Waals surface area (Å²) in [7, 11) is 0. The predicted octanol–water partition coefficient (Wildman–Crippen LogP) is 1.77. The lowest BCUT2D eigenvalue weighted by Gasteiger charge is -2.06. The van der Waals surface area contributed by atoms with Crippen molar-refractivity contribution in [3.05, 3.63) is 45.8 Å². The monoisotopic (exact) mass is 276 g/mol. The van der Waals surface area contributed by atoms with E-state index in [1.807, 2.05) is 12.1 Å². The van der Waals surface area contributed by atoms with Crippen LogP contribution in [0.5, 0.6) is 0 Å². The van der Waals surface area contributed by atoms with Crippen molar-refractivity contribution in [3.63, 3.8) is 0 Å². The second-order valence-corrected chi connectivity index (χ2v) is 4.84. The Bertz CT molecular complexity index is 835. The van der Waals surface area contributed by atoms with Crippen LogP contribution in [-0.2, 0) is 9.59 Å². The van der Waals surface area contributed by atoms with Crippen LogP contribution in [0.25, 0.3) is 21.9 Å². The molecule has 0 atom stereocenters. The zero-order valence-corrected chi connectivity index (χ0v) is 10.5. The normalized spacial score (nSPS) is 14.7. The largest absolute Gasteiger partial charge is 0.285 e. The van der Waals surface area contributed by atoms with Crippen molar-refractivity contribution in [1.82, 2.24) is 0 Å². The Morgan fingerprint density at radius 3 is 2.56 bits per heavy atom. The van der Waals surface area contributed by atoms with Crippen LogP contribution in [-0.4, -0.2) is 11.6 Å². The van der Waals surface area contributed by atoms with Crippen LogP contribution < -0.4 is 10.4 Å². The van der Waals surface area contributed by atoms with E-state index in [0.29, 0.717) is 15.5 Å². The number of benzene rings is 2. The average Bonchev–Trinajstić information content (AvgIpc) is 2.36. The second kappa shape index (κ2) is 3.94. The average molecular weight is 277 g/mol. The van der Waals surface area contributed by atoms with E-state index < -0.39 is 11.6 Å². The van der Waals surface area contributed by atoms with Crippen molar-refractivity contribution < 1.29 is 9.59 Å². The number of Topliss-reactive ketones (excluding diaryl/α,β-unsaturated/α-hetero) is 2. The maximum atomic E-state index is 11.5. The third-order valence-electron chi connectivity index (χ3n) is 2.94. The zero-order chi connectivity index (χ0) is 12.9. The van der Waals surface area contributed by atoms with Crippen molar-refractivity contribution >= 4 is 56.6 Å². The zero-order valence-electron chi connectivity index (χ0n) is 9.04. The van der Waals surface area contributed by atoms with Crippen molar-refractivity contribution in [3.8, 4) is 0 Å². The van der Waals surface area contributed by atoms with E-state index in [4.69, 9.17) is 23.2 Å². The van der Waals surface area contributed by atoms with Crippen molar-refractivity contribution in [1.29, 1.82) is 0 Å². The highest BCUT2D eigenvalue weighted by atomic mass is 35.5. The van der Waals surface area contributed by atoms with Gasteiger partial charge in [0.25, 0.3) is 0 Å². The maximum Gasteiger partial charge on any atom is 0.244 e. The fourth-order valence-electron chi connectivity index (χ4n) is 2.05. The van der Waals surface area contributed by atoms with Gasteiger partial charge < -0.3 is 0 Å². The number of ketones is 2. The van der Waals surface area contributed by atoms with Crippen LogP contribution >= 0.6 is 23.2 Å². The molecule has 0 unspecified atom stereocenters. The fraction of sp³-hybridized carbons (Fsp3) is 0. The summed E-state index contributed by atoms with van der Waals surface area (Å²) in [5.41, 5.74) is 0. The summed E-state index contributed by atoms with van der Waals surface area (Å²) in [4.78, 5) is 23.0. The van der Waals surface area contributed by atoms with Gasteiger partial charge in [-0.15, -0.1) is 0 Å². The van der Waals surface area contributed by atoms with Crippen LogP contribution in [0.4, 0.5) is 0 Å². The number of carbonyl (C=O) groups excluding carboxylic acids is 2. The molecule has 18 heavy (non-hydrogen) atoms. The molecule has 0 heterocycles. The molecule has 0 fully saturated rings. The summed E-state index contributed by atoms with van der Waals surface area (Å²) in [5.74, 6) is -1.26. The lowest BCUT2D eigenvalue weighted by atomic mass is 10.0. The maximum absolute atomic E-state index is 11.5. The lowest BCUT2D eigenvalue weighted by molar-refractivity contribution is -0.129. The van der Waals surface area contributed by atoms with E-state index >= 15 is 0 Å². The molecule has 0 aromatic heterocycles. The van der Waals surface area contributed by atoms with Crippen molar-refractivity contribution in [2.75, 3.05) is 0 Å². The van der Waals surface area contributed by atoms with Gasteiger partial charge in [0.1, 0.15) is 0 Å². The molecule has 0 saturated heterocycles. The van der Waals surface area contributed by atoms with Gasteiger partial charge in [0.2, 0.25) is 11.6 Å². The molecule has 4 heteroatoms. The summed E-state index contributed by atoms with van der Waals surface area (Å²) in [6.07, 6.45) is 1.30. The van der Waals surface area contributed by atoms with E-state index in [9.17, 15) is 9.59 Å². The topological polar surface area (TPSA) is 34.1 Å². The van der Waals surface area contributed by atoms with Crippen molar-refractivity contribution in [2.24, 2.45) is 0 Å². The lowest BCUT2D eigenvalue weighted by Crippen LogP contribution is -2.35. The molecule has 88 valence electrons. The molecule has 0 aliphatic heterocycles. The molecule has 0 bridgehead atoms. The van der Waals surface area contributed by atoms with Crippen LogP contribution in [0.3, 0.4) is 0 Å². The molecule has 0 spiro atoms. The standard InChI is InChI=1S/C14H6Cl2O2/c15-11-3-1-2-7-4-10-8(5-9(7)11)6-12(17)14(18)13(10)16/h1-6H. The van der Waals surface area contributed by atoms with Crippen LogP contribution in [0, 0.1) is 0 Å². The van der Waals surface area contributed by atoms with Gasteiger partial charge in [-0.2, -0.15) is 0 Å². The first kappa shape index (κ1) is 11.5. The quantitative estimate of drug-likeness (QED) is 0.688. The van der Waals surface area contributed by atoms with E-state index in [-0.39, 0.29) is 5.03 Å². The molecule has 1 aliphatic carbocycles. The van der Waals surface area contributed by atoms with Gasteiger partial charge in [-0.25, -0.2) is 0 Å². The molecular formula is C14H6Cl2O2. The van der Waals surface area contributed by atoms with Gasteiger partial charge in [-0.1, -0.05) is 35.3 Å². The van der Waals surface area contributed by atoms with Crippen LogP contribution in [0.1, 0.15) is 0 Å². The number of rotatable bonds is 0. The molecule has 0 saturated carbocycles. The first-order valence-corrected chi connectivity index (χ1v) is 6.02. The van der Waals surface area contributed by atoms with Gasteiger partial charge in [0.15, 0.2) is 0 Å². The number of hydrogen-bond donors (Lipinski definition) is 0. The van der Waals surface area contributed by atoms with E-state index in [0.717, 1.165) is 10.8 Å².